The predicted octanol–water partition coefficient (Wildman–Crippen LogP) is 2.51. The number of benzene rings is 1. The summed E-state index contributed by atoms with van der Waals surface area (Å²) in [6.07, 6.45) is 1.42. The van der Waals surface area contributed by atoms with Crippen molar-refractivity contribution in [1.82, 2.24) is 0 Å². The van der Waals surface area contributed by atoms with Crippen molar-refractivity contribution in [2.75, 3.05) is 0 Å². The molecule has 0 bridgehead atoms. The van der Waals surface area contributed by atoms with E-state index < -0.39 is 4.92 Å². The molecule has 0 saturated heterocycles. The number of nitro benzene ring substituents is 1. The van der Waals surface area contributed by atoms with E-state index in [9.17, 15) is 15.2 Å². The second-order valence-electron chi connectivity index (χ2n) is 2.45. The summed E-state index contributed by atoms with van der Waals surface area (Å²) in [6.45, 7) is 1.62. The van der Waals surface area contributed by atoms with E-state index in [0.29, 0.717) is 0 Å². The second kappa shape index (κ2) is 3.71. The summed E-state index contributed by atoms with van der Waals surface area (Å²) in [4.78, 5) is 9.99. The summed E-state index contributed by atoms with van der Waals surface area (Å²) < 4.78 is 0. The molecule has 0 aliphatic heterocycles. The highest BCUT2D eigenvalue weighted by Crippen LogP contribution is 2.23. The van der Waals surface area contributed by atoms with Crippen LogP contribution >= 0.6 is 0 Å². The van der Waals surface area contributed by atoms with E-state index in [0.717, 1.165) is 0 Å². The molecule has 1 aromatic rings. The first-order chi connectivity index (χ1) is 6.16. The zero-order valence-corrected chi connectivity index (χ0v) is 7.10. The summed E-state index contributed by atoms with van der Waals surface area (Å²) in [7, 11) is 0. The lowest BCUT2D eigenvalue weighted by molar-refractivity contribution is -0.385. The first-order valence-electron chi connectivity index (χ1n) is 3.76. The molecule has 4 heteroatoms. The van der Waals surface area contributed by atoms with Crippen molar-refractivity contribution in [3.63, 3.8) is 0 Å². The van der Waals surface area contributed by atoms with E-state index in [-0.39, 0.29) is 17.0 Å². The third-order valence-corrected chi connectivity index (χ3v) is 1.65. The molecule has 68 valence electrons. The lowest BCUT2D eigenvalue weighted by atomic mass is 10.1. The van der Waals surface area contributed by atoms with E-state index in [4.69, 9.17) is 0 Å². The number of aliphatic hydroxyl groups is 1. The summed E-state index contributed by atoms with van der Waals surface area (Å²) >= 11 is 0. The quantitative estimate of drug-likeness (QED) is 0.431. The molecule has 0 unspecified atom stereocenters. The Morgan fingerprint density at radius 3 is 2.69 bits per heavy atom. The van der Waals surface area contributed by atoms with E-state index >= 15 is 0 Å². The van der Waals surface area contributed by atoms with E-state index in [2.05, 4.69) is 0 Å². The van der Waals surface area contributed by atoms with Gasteiger partial charge in [0.15, 0.2) is 0 Å². The average molecular weight is 179 g/mol. The van der Waals surface area contributed by atoms with Crippen molar-refractivity contribution in [3.05, 3.63) is 46.0 Å². The average Bonchev–Trinajstić information content (AvgIpc) is 2.16. The summed E-state index contributed by atoms with van der Waals surface area (Å²) in [5.41, 5.74) is 0.160. The Labute approximate surface area is 75.3 Å². The Kier molecular flexibility index (Phi) is 2.64. The molecule has 0 heterocycles. The molecule has 0 fully saturated rings. The van der Waals surface area contributed by atoms with Gasteiger partial charge in [0.25, 0.3) is 5.69 Å². The highest BCUT2D eigenvalue weighted by atomic mass is 16.6. The smallest absolute Gasteiger partial charge is 0.280 e. The molecular weight excluding hydrogens is 170 g/mol. The number of nitrogens with zero attached hydrogens (tertiary/aromatic N) is 1. The van der Waals surface area contributed by atoms with Crippen molar-refractivity contribution in [1.29, 1.82) is 0 Å². The fourth-order valence-corrected chi connectivity index (χ4v) is 1.00. The summed E-state index contributed by atoms with van der Waals surface area (Å²) in [5, 5.41) is 19.8. The van der Waals surface area contributed by atoms with Crippen molar-refractivity contribution in [2.24, 2.45) is 0 Å². The molecular formula is C9H9NO3. The standard InChI is InChI=1S/C9H9NO3/c1-2-9(11)7-5-3-4-6-8(7)10(12)13/h2-6,11H,1H3. The minimum absolute atomic E-state index is 0.0766. The SMILES string of the molecule is CC=C(O)c1ccccc1[N+](=O)[O-]. The maximum Gasteiger partial charge on any atom is 0.280 e. The van der Waals surface area contributed by atoms with Gasteiger partial charge in [0.2, 0.25) is 0 Å². The van der Waals surface area contributed by atoms with Crippen molar-refractivity contribution < 1.29 is 10.0 Å². The van der Waals surface area contributed by atoms with E-state index in [1.54, 1.807) is 19.1 Å². The number of nitro groups is 1. The molecule has 1 N–H and O–H groups in total. The molecule has 0 aliphatic rings. The van der Waals surface area contributed by atoms with Crippen LogP contribution < -0.4 is 0 Å². The van der Waals surface area contributed by atoms with Crippen LogP contribution in [0.4, 0.5) is 5.69 Å². The van der Waals surface area contributed by atoms with Gasteiger partial charge in [-0.1, -0.05) is 12.1 Å². The van der Waals surface area contributed by atoms with Gasteiger partial charge in [0.05, 0.1) is 10.5 Å². The van der Waals surface area contributed by atoms with Crippen LogP contribution in [0.1, 0.15) is 12.5 Å². The van der Waals surface area contributed by atoms with Gasteiger partial charge >= 0.3 is 0 Å². The number of hydrogen-bond acceptors (Lipinski definition) is 3. The zero-order chi connectivity index (χ0) is 9.84. The minimum atomic E-state index is -0.519. The highest BCUT2D eigenvalue weighted by Gasteiger charge is 2.14. The minimum Gasteiger partial charge on any atom is -0.507 e. The predicted molar refractivity (Wildman–Crippen MR) is 49.4 cm³/mol. The second-order valence-corrected chi connectivity index (χ2v) is 2.45. The molecule has 0 atom stereocenters. The maximum absolute atomic E-state index is 10.5. The lowest BCUT2D eigenvalue weighted by Crippen LogP contribution is -1.93. The molecule has 0 saturated carbocycles. The van der Waals surface area contributed by atoms with Gasteiger partial charge in [-0.2, -0.15) is 0 Å². The van der Waals surface area contributed by atoms with Crippen LogP contribution in [0.3, 0.4) is 0 Å². The van der Waals surface area contributed by atoms with Gasteiger partial charge in [-0.25, -0.2) is 0 Å². The van der Waals surface area contributed by atoms with Gasteiger partial charge in [0.1, 0.15) is 5.76 Å². The first-order valence-corrected chi connectivity index (χ1v) is 3.76. The zero-order valence-electron chi connectivity index (χ0n) is 7.10. The van der Waals surface area contributed by atoms with Gasteiger partial charge in [0, 0.05) is 6.07 Å². The van der Waals surface area contributed by atoms with Crippen LogP contribution in [0.15, 0.2) is 30.3 Å². The van der Waals surface area contributed by atoms with Crippen LogP contribution in [0.25, 0.3) is 5.76 Å². The van der Waals surface area contributed by atoms with Gasteiger partial charge in [-0.05, 0) is 19.1 Å². The summed E-state index contributed by atoms with van der Waals surface area (Å²) in [5.74, 6) is -0.0766. The monoisotopic (exact) mass is 179 g/mol. The fraction of sp³-hybridized carbons (Fsp3) is 0.111. The molecule has 4 nitrogen and oxygen atoms in total. The molecule has 0 aromatic heterocycles. The largest absolute Gasteiger partial charge is 0.507 e. The molecule has 0 radical (unpaired) electrons. The lowest BCUT2D eigenvalue weighted by Gasteiger charge is -1.99. The Morgan fingerprint density at radius 1 is 1.54 bits per heavy atom. The van der Waals surface area contributed by atoms with Crippen molar-refractivity contribution >= 4 is 11.4 Å². The molecule has 1 aromatic carbocycles. The van der Waals surface area contributed by atoms with Crippen molar-refractivity contribution in [2.45, 2.75) is 6.92 Å². The number of aliphatic hydroxyl groups excluding tert-OH is 1. The Balaban J connectivity index is 3.28. The number of hydrogen-bond donors (Lipinski definition) is 1. The van der Waals surface area contributed by atoms with Gasteiger partial charge < -0.3 is 5.11 Å². The Bertz CT molecular complexity index is 358. The fourth-order valence-electron chi connectivity index (χ4n) is 1.00. The van der Waals surface area contributed by atoms with E-state index in [1.165, 1.54) is 18.2 Å². The Hall–Kier alpha value is -1.84. The highest BCUT2D eigenvalue weighted by molar-refractivity contribution is 5.66. The third-order valence-electron chi connectivity index (χ3n) is 1.65. The van der Waals surface area contributed by atoms with Crippen molar-refractivity contribution in [3.8, 4) is 0 Å². The van der Waals surface area contributed by atoms with Crippen LogP contribution in [0.2, 0.25) is 0 Å². The summed E-state index contributed by atoms with van der Waals surface area (Å²) in [6, 6.07) is 6.06. The van der Waals surface area contributed by atoms with Crippen LogP contribution in [0.5, 0.6) is 0 Å². The third kappa shape index (κ3) is 1.84. The first kappa shape index (κ1) is 9.25. The van der Waals surface area contributed by atoms with E-state index in [1.807, 2.05) is 0 Å². The molecule has 0 spiro atoms. The van der Waals surface area contributed by atoms with Crippen LogP contribution in [-0.2, 0) is 0 Å². The number of rotatable bonds is 2. The molecule has 0 aliphatic carbocycles. The maximum atomic E-state index is 10.5. The van der Waals surface area contributed by atoms with Gasteiger partial charge in [-0.3, -0.25) is 10.1 Å². The number of para-hydroxylation sites is 1. The van der Waals surface area contributed by atoms with Crippen LogP contribution in [-0.4, -0.2) is 10.0 Å². The number of allylic oxidation sites excluding steroid dienone is 1. The Morgan fingerprint density at radius 2 is 2.15 bits per heavy atom. The topological polar surface area (TPSA) is 63.4 Å². The normalized spacial score (nSPS) is 11.3. The molecule has 0 amide bonds. The molecule has 1 rings (SSSR count). The van der Waals surface area contributed by atoms with Gasteiger partial charge in [-0.15, -0.1) is 0 Å². The molecule has 13 heavy (non-hydrogen) atoms. The van der Waals surface area contributed by atoms with Crippen LogP contribution in [0, 0.1) is 10.1 Å².